The van der Waals surface area contributed by atoms with Gasteiger partial charge in [0, 0.05) is 6.42 Å². The predicted molar refractivity (Wildman–Crippen MR) is 83.9 cm³/mol. The molecule has 0 radical (unpaired) electrons. The van der Waals surface area contributed by atoms with Crippen LogP contribution in [0.5, 0.6) is 0 Å². The summed E-state index contributed by atoms with van der Waals surface area (Å²) in [5.74, 6) is -1.01. The van der Waals surface area contributed by atoms with E-state index in [0.29, 0.717) is 6.42 Å². The summed E-state index contributed by atoms with van der Waals surface area (Å²) in [6.45, 7) is 2.22. The van der Waals surface area contributed by atoms with Crippen molar-refractivity contribution in [3.8, 4) is 0 Å². The maximum atomic E-state index is 11.1. The Hall–Kier alpha value is 0.490. The molecule has 19 heavy (non-hydrogen) atoms. The molecule has 0 heterocycles. The fourth-order valence-electron chi connectivity index (χ4n) is 1.79. The first-order valence-electron chi connectivity index (χ1n) is 7.05. The molecule has 0 aliphatic heterocycles. The average molecular weight is 298 g/mol. The Bertz CT molecular complexity index is 235. The zero-order chi connectivity index (χ0) is 13.6. The summed E-state index contributed by atoms with van der Waals surface area (Å²) in [4.78, 5) is 21.9. The standard InChI is InChI=1S/C14H26O3S.Na.H/c1-2-3-4-5-6-7-8-9-10-11-13(15)17-14(16)12-18;;/h18H,2-12H2,1H3;;. The first-order valence-corrected chi connectivity index (χ1v) is 7.68. The van der Waals surface area contributed by atoms with E-state index in [0.717, 1.165) is 12.8 Å². The molecular formula is C14H27NaO3S. The fraction of sp³-hybridized carbons (Fsp3) is 0.857. The zero-order valence-corrected chi connectivity index (χ0v) is 12.3. The molecule has 0 spiro atoms. The van der Waals surface area contributed by atoms with E-state index in [-0.39, 0.29) is 35.3 Å². The minimum absolute atomic E-state index is 0. The first-order chi connectivity index (χ1) is 8.70. The molecule has 0 N–H and O–H groups in total. The van der Waals surface area contributed by atoms with Crippen LogP contribution in [0.15, 0.2) is 0 Å². The Morgan fingerprint density at radius 2 is 1.32 bits per heavy atom. The number of ether oxygens (including phenoxy) is 1. The van der Waals surface area contributed by atoms with Crippen LogP contribution >= 0.6 is 12.6 Å². The number of rotatable bonds is 11. The van der Waals surface area contributed by atoms with Crippen molar-refractivity contribution in [3.63, 3.8) is 0 Å². The Morgan fingerprint density at radius 3 is 1.79 bits per heavy atom. The Balaban J connectivity index is 0. The second-order valence-corrected chi connectivity index (χ2v) is 4.90. The van der Waals surface area contributed by atoms with Crippen molar-refractivity contribution in [3.05, 3.63) is 0 Å². The van der Waals surface area contributed by atoms with Gasteiger partial charge in [-0.1, -0.05) is 58.3 Å². The van der Waals surface area contributed by atoms with Gasteiger partial charge in [-0.05, 0) is 6.42 Å². The Morgan fingerprint density at radius 1 is 0.842 bits per heavy atom. The number of hydrogen-bond acceptors (Lipinski definition) is 4. The molecule has 0 unspecified atom stereocenters. The van der Waals surface area contributed by atoms with Crippen molar-refractivity contribution in [2.75, 3.05) is 5.75 Å². The molecule has 0 saturated heterocycles. The zero-order valence-electron chi connectivity index (χ0n) is 11.5. The van der Waals surface area contributed by atoms with E-state index >= 15 is 0 Å². The van der Waals surface area contributed by atoms with E-state index < -0.39 is 11.9 Å². The monoisotopic (exact) mass is 298 g/mol. The quantitative estimate of drug-likeness (QED) is 0.209. The summed E-state index contributed by atoms with van der Waals surface area (Å²) in [5.41, 5.74) is 0. The molecule has 0 saturated carbocycles. The van der Waals surface area contributed by atoms with E-state index in [1.54, 1.807) is 0 Å². The number of hydrogen-bond donors (Lipinski definition) is 1. The number of thiol groups is 1. The summed E-state index contributed by atoms with van der Waals surface area (Å²) >= 11 is 3.74. The number of esters is 2. The second kappa shape index (κ2) is 16.5. The third kappa shape index (κ3) is 16.4. The summed E-state index contributed by atoms with van der Waals surface area (Å²) in [7, 11) is 0. The van der Waals surface area contributed by atoms with Crippen molar-refractivity contribution in [2.24, 2.45) is 0 Å². The van der Waals surface area contributed by atoms with E-state index in [2.05, 4.69) is 24.3 Å². The summed E-state index contributed by atoms with van der Waals surface area (Å²) in [6.07, 6.45) is 11.2. The van der Waals surface area contributed by atoms with Crippen LogP contribution in [0.4, 0.5) is 0 Å². The predicted octanol–water partition coefficient (Wildman–Crippen LogP) is 3.26. The van der Waals surface area contributed by atoms with Crippen molar-refractivity contribution >= 4 is 54.1 Å². The molecule has 0 atom stereocenters. The SMILES string of the molecule is CCCCCCCCCCCC(=O)OC(=O)CS.[NaH]. The van der Waals surface area contributed by atoms with Crippen LogP contribution in [0.3, 0.4) is 0 Å². The third-order valence-electron chi connectivity index (χ3n) is 2.84. The van der Waals surface area contributed by atoms with Crippen molar-refractivity contribution < 1.29 is 14.3 Å². The van der Waals surface area contributed by atoms with Crippen LogP contribution in [-0.4, -0.2) is 47.2 Å². The van der Waals surface area contributed by atoms with Gasteiger partial charge in [0.05, 0.1) is 5.75 Å². The van der Waals surface area contributed by atoms with Crippen molar-refractivity contribution in [2.45, 2.75) is 71.1 Å². The molecule has 0 amide bonds. The van der Waals surface area contributed by atoms with E-state index in [1.165, 1.54) is 44.9 Å². The third-order valence-corrected chi connectivity index (χ3v) is 3.10. The summed E-state index contributed by atoms with van der Waals surface area (Å²) in [6, 6.07) is 0. The first kappa shape index (κ1) is 21.8. The normalized spacial score (nSPS) is 9.79. The molecule has 0 aromatic rings. The van der Waals surface area contributed by atoms with Gasteiger partial charge in [-0.15, -0.1) is 0 Å². The Kier molecular flexibility index (Phi) is 19.0. The molecule has 0 rings (SSSR count). The van der Waals surface area contributed by atoms with Gasteiger partial charge in [0.15, 0.2) is 0 Å². The van der Waals surface area contributed by atoms with Crippen molar-refractivity contribution in [1.82, 2.24) is 0 Å². The molecule has 108 valence electrons. The molecule has 3 nitrogen and oxygen atoms in total. The Labute approximate surface area is 144 Å². The van der Waals surface area contributed by atoms with Crippen LogP contribution in [-0.2, 0) is 14.3 Å². The van der Waals surface area contributed by atoms with Crippen LogP contribution in [0.1, 0.15) is 71.1 Å². The molecule has 0 bridgehead atoms. The number of unbranched alkanes of at least 4 members (excludes halogenated alkanes) is 8. The molecular weight excluding hydrogens is 271 g/mol. The average Bonchev–Trinajstić information content (AvgIpc) is 2.36. The van der Waals surface area contributed by atoms with E-state index in [4.69, 9.17) is 0 Å². The number of carbonyl (C=O) groups is 2. The maximum absolute atomic E-state index is 11.1. The molecule has 0 aliphatic rings. The minimum atomic E-state index is -0.556. The summed E-state index contributed by atoms with van der Waals surface area (Å²) < 4.78 is 4.52. The summed E-state index contributed by atoms with van der Waals surface area (Å²) in [5, 5.41) is 0. The van der Waals surface area contributed by atoms with Crippen LogP contribution in [0, 0.1) is 0 Å². The number of carbonyl (C=O) groups excluding carboxylic acids is 2. The van der Waals surface area contributed by atoms with Crippen LogP contribution in [0.2, 0.25) is 0 Å². The topological polar surface area (TPSA) is 43.4 Å². The molecule has 5 heteroatoms. The van der Waals surface area contributed by atoms with Gasteiger partial charge in [0.2, 0.25) is 0 Å². The molecule has 0 fully saturated rings. The van der Waals surface area contributed by atoms with Gasteiger partial charge >= 0.3 is 41.5 Å². The van der Waals surface area contributed by atoms with Gasteiger partial charge in [0.25, 0.3) is 0 Å². The van der Waals surface area contributed by atoms with Crippen LogP contribution in [0.25, 0.3) is 0 Å². The second-order valence-electron chi connectivity index (χ2n) is 4.58. The van der Waals surface area contributed by atoms with E-state index in [9.17, 15) is 9.59 Å². The van der Waals surface area contributed by atoms with Crippen molar-refractivity contribution in [1.29, 1.82) is 0 Å². The van der Waals surface area contributed by atoms with Gasteiger partial charge in [-0.2, -0.15) is 12.6 Å². The molecule has 0 aliphatic carbocycles. The van der Waals surface area contributed by atoms with Gasteiger partial charge in [0.1, 0.15) is 0 Å². The molecule has 0 aromatic carbocycles. The van der Waals surface area contributed by atoms with Crippen LogP contribution < -0.4 is 0 Å². The van der Waals surface area contributed by atoms with E-state index in [1.807, 2.05) is 0 Å². The fourth-order valence-corrected chi connectivity index (χ4v) is 1.85. The van der Waals surface area contributed by atoms with Gasteiger partial charge in [-0.3, -0.25) is 9.59 Å². The van der Waals surface area contributed by atoms with Gasteiger partial charge < -0.3 is 4.74 Å². The molecule has 0 aromatic heterocycles. The van der Waals surface area contributed by atoms with Gasteiger partial charge in [-0.25, -0.2) is 0 Å².